The van der Waals surface area contributed by atoms with Crippen LogP contribution in [0.1, 0.15) is 13.8 Å². The molecule has 1 aromatic heterocycles. The van der Waals surface area contributed by atoms with E-state index in [4.69, 9.17) is 0 Å². The summed E-state index contributed by atoms with van der Waals surface area (Å²) >= 11 is 1.41. The van der Waals surface area contributed by atoms with Gasteiger partial charge in [-0.05, 0) is 37.3 Å². The number of benzene rings is 2. The molecule has 134 valence electrons. The summed E-state index contributed by atoms with van der Waals surface area (Å²) in [5, 5.41) is 6.05. The lowest BCUT2D eigenvalue weighted by Gasteiger charge is -2.12. The maximum atomic E-state index is 12.5. The summed E-state index contributed by atoms with van der Waals surface area (Å²) in [6.45, 7) is 3.29. The Morgan fingerprint density at radius 1 is 1.08 bits per heavy atom. The van der Waals surface area contributed by atoms with Gasteiger partial charge in [0.15, 0.2) is 5.16 Å². The maximum absolute atomic E-state index is 12.5. The number of thioether (sulfide) groups is 1. The van der Waals surface area contributed by atoms with Crippen molar-refractivity contribution in [3.05, 3.63) is 48.5 Å². The number of fused-ring (bicyclic) bond motifs is 1. The molecule has 0 saturated heterocycles. The van der Waals surface area contributed by atoms with Gasteiger partial charge < -0.3 is 15.2 Å². The zero-order valence-electron chi connectivity index (χ0n) is 14.8. The topological polar surface area (TPSA) is 76.0 Å². The van der Waals surface area contributed by atoms with Crippen LogP contribution >= 0.6 is 11.8 Å². The number of anilines is 2. The number of rotatable bonds is 5. The molecule has 26 heavy (non-hydrogen) atoms. The van der Waals surface area contributed by atoms with Gasteiger partial charge in [-0.1, -0.05) is 30.0 Å². The van der Waals surface area contributed by atoms with Crippen LogP contribution in [0.3, 0.4) is 0 Å². The lowest BCUT2D eigenvalue weighted by Crippen LogP contribution is -2.22. The van der Waals surface area contributed by atoms with E-state index in [9.17, 15) is 9.59 Å². The predicted octanol–water partition coefficient (Wildman–Crippen LogP) is 3.65. The monoisotopic (exact) mass is 368 g/mol. The van der Waals surface area contributed by atoms with E-state index < -0.39 is 0 Å². The normalized spacial score (nSPS) is 12.0. The molecule has 0 aliphatic rings. The van der Waals surface area contributed by atoms with Gasteiger partial charge in [0, 0.05) is 25.3 Å². The third-order valence-electron chi connectivity index (χ3n) is 3.85. The smallest absolute Gasteiger partial charge is 0.237 e. The van der Waals surface area contributed by atoms with Crippen LogP contribution in [0.4, 0.5) is 11.4 Å². The van der Waals surface area contributed by atoms with Gasteiger partial charge in [-0.15, -0.1) is 0 Å². The first-order valence-corrected chi connectivity index (χ1v) is 9.08. The zero-order valence-corrected chi connectivity index (χ0v) is 15.6. The molecule has 0 aliphatic heterocycles. The molecule has 1 atom stereocenters. The van der Waals surface area contributed by atoms with Crippen LogP contribution in [-0.4, -0.2) is 26.6 Å². The second-order valence-corrected chi connectivity index (χ2v) is 7.26. The van der Waals surface area contributed by atoms with E-state index in [1.807, 2.05) is 42.8 Å². The Bertz CT molecular complexity index is 967. The van der Waals surface area contributed by atoms with Crippen LogP contribution in [0.2, 0.25) is 0 Å². The highest BCUT2D eigenvalue weighted by atomic mass is 32.2. The summed E-state index contributed by atoms with van der Waals surface area (Å²) in [5.74, 6) is -0.277. The molecule has 7 heteroatoms. The Labute approximate surface area is 156 Å². The van der Waals surface area contributed by atoms with E-state index in [-0.39, 0.29) is 17.1 Å². The number of aryl methyl sites for hydroxylation is 1. The SMILES string of the molecule is CC(=O)Nc1cccc(NC(=O)[C@H](C)Sc2nc3ccccc3n2C)c1. The highest BCUT2D eigenvalue weighted by molar-refractivity contribution is 8.00. The van der Waals surface area contributed by atoms with Gasteiger partial charge in [-0.25, -0.2) is 4.98 Å². The summed E-state index contributed by atoms with van der Waals surface area (Å²) in [4.78, 5) is 28.3. The molecule has 0 bridgehead atoms. The van der Waals surface area contributed by atoms with Crippen molar-refractivity contribution in [2.45, 2.75) is 24.3 Å². The van der Waals surface area contributed by atoms with Gasteiger partial charge in [-0.3, -0.25) is 9.59 Å². The Hall–Kier alpha value is -2.80. The van der Waals surface area contributed by atoms with Gasteiger partial charge >= 0.3 is 0 Å². The second-order valence-electron chi connectivity index (χ2n) is 5.95. The predicted molar refractivity (Wildman–Crippen MR) is 105 cm³/mol. The molecular weight excluding hydrogens is 348 g/mol. The van der Waals surface area contributed by atoms with Crippen LogP contribution < -0.4 is 10.6 Å². The van der Waals surface area contributed by atoms with Gasteiger partial charge in [0.1, 0.15) is 0 Å². The van der Waals surface area contributed by atoms with E-state index in [1.165, 1.54) is 18.7 Å². The van der Waals surface area contributed by atoms with Crippen LogP contribution in [0.25, 0.3) is 11.0 Å². The first-order valence-electron chi connectivity index (χ1n) is 8.20. The van der Waals surface area contributed by atoms with E-state index in [0.717, 1.165) is 16.2 Å². The number of hydrogen-bond donors (Lipinski definition) is 2. The molecule has 0 radical (unpaired) electrons. The number of carbonyl (C=O) groups is 2. The van der Waals surface area contributed by atoms with Gasteiger partial charge in [-0.2, -0.15) is 0 Å². The molecule has 0 aliphatic carbocycles. The molecule has 2 amide bonds. The minimum Gasteiger partial charge on any atom is -0.326 e. The number of imidazole rings is 1. The standard InChI is InChI=1S/C19H20N4O2S/c1-12(26-19-22-16-9-4-5-10-17(16)23(19)3)18(25)21-15-8-6-7-14(11-15)20-13(2)24/h4-12H,1-3H3,(H,20,24)(H,21,25)/t12-/m0/s1. The average molecular weight is 368 g/mol. The second kappa shape index (κ2) is 7.61. The van der Waals surface area contributed by atoms with Crippen molar-refractivity contribution >= 4 is 46.0 Å². The number of carbonyl (C=O) groups excluding carboxylic acids is 2. The van der Waals surface area contributed by atoms with Crippen molar-refractivity contribution in [1.29, 1.82) is 0 Å². The molecule has 6 nitrogen and oxygen atoms in total. The van der Waals surface area contributed by atoms with Gasteiger partial charge in [0.2, 0.25) is 11.8 Å². The van der Waals surface area contributed by atoms with E-state index in [2.05, 4.69) is 15.6 Å². The fraction of sp³-hybridized carbons (Fsp3) is 0.211. The molecule has 2 aromatic carbocycles. The molecular formula is C19H20N4O2S. The number of amides is 2. The van der Waals surface area contributed by atoms with Gasteiger partial charge in [0.05, 0.1) is 16.3 Å². The third-order valence-corrected chi connectivity index (χ3v) is 4.99. The number of aromatic nitrogens is 2. The number of nitrogens with one attached hydrogen (secondary N) is 2. The van der Waals surface area contributed by atoms with Crippen LogP contribution in [0.5, 0.6) is 0 Å². The number of nitrogens with zero attached hydrogens (tertiary/aromatic N) is 2. The molecule has 0 fully saturated rings. The summed E-state index contributed by atoms with van der Waals surface area (Å²) in [5.41, 5.74) is 3.23. The molecule has 3 aromatic rings. The summed E-state index contributed by atoms with van der Waals surface area (Å²) < 4.78 is 1.99. The van der Waals surface area contributed by atoms with E-state index >= 15 is 0 Å². The molecule has 0 spiro atoms. The first-order chi connectivity index (χ1) is 12.4. The highest BCUT2D eigenvalue weighted by Gasteiger charge is 2.18. The molecule has 3 rings (SSSR count). The van der Waals surface area contributed by atoms with Crippen molar-refractivity contribution in [3.63, 3.8) is 0 Å². The average Bonchev–Trinajstić information content (AvgIpc) is 2.91. The quantitative estimate of drug-likeness (QED) is 0.674. The molecule has 0 saturated carbocycles. The highest BCUT2D eigenvalue weighted by Crippen LogP contribution is 2.27. The van der Waals surface area contributed by atoms with Crippen LogP contribution in [-0.2, 0) is 16.6 Å². The molecule has 2 N–H and O–H groups in total. The molecule has 1 heterocycles. The Balaban J connectivity index is 1.69. The van der Waals surface area contributed by atoms with Crippen molar-refractivity contribution in [2.24, 2.45) is 7.05 Å². The van der Waals surface area contributed by atoms with E-state index in [1.54, 1.807) is 24.3 Å². The largest absolute Gasteiger partial charge is 0.326 e. The van der Waals surface area contributed by atoms with E-state index in [0.29, 0.717) is 11.4 Å². The minimum atomic E-state index is -0.324. The lowest BCUT2D eigenvalue weighted by molar-refractivity contribution is -0.115. The van der Waals surface area contributed by atoms with Crippen molar-refractivity contribution in [3.8, 4) is 0 Å². The van der Waals surface area contributed by atoms with Crippen LogP contribution in [0, 0.1) is 0 Å². The number of hydrogen-bond acceptors (Lipinski definition) is 4. The molecule has 0 unspecified atom stereocenters. The fourth-order valence-electron chi connectivity index (χ4n) is 2.56. The summed E-state index contributed by atoms with van der Waals surface area (Å²) in [7, 11) is 1.94. The Kier molecular flexibility index (Phi) is 5.27. The fourth-order valence-corrected chi connectivity index (χ4v) is 3.45. The zero-order chi connectivity index (χ0) is 18.7. The summed E-state index contributed by atoms with van der Waals surface area (Å²) in [6.07, 6.45) is 0. The first kappa shape index (κ1) is 18.0. The Morgan fingerprint density at radius 2 is 1.77 bits per heavy atom. The van der Waals surface area contributed by atoms with Crippen molar-refractivity contribution in [2.75, 3.05) is 10.6 Å². The third kappa shape index (κ3) is 4.05. The number of para-hydroxylation sites is 2. The lowest BCUT2D eigenvalue weighted by atomic mass is 10.2. The maximum Gasteiger partial charge on any atom is 0.237 e. The van der Waals surface area contributed by atoms with Gasteiger partial charge in [0.25, 0.3) is 0 Å². The van der Waals surface area contributed by atoms with Crippen LogP contribution in [0.15, 0.2) is 53.7 Å². The van der Waals surface area contributed by atoms with Crippen molar-refractivity contribution < 1.29 is 9.59 Å². The summed E-state index contributed by atoms with van der Waals surface area (Å²) in [6, 6.07) is 14.9. The minimum absolute atomic E-state index is 0.123. The Morgan fingerprint density at radius 3 is 2.46 bits per heavy atom. The van der Waals surface area contributed by atoms with Crippen molar-refractivity contribution in [1.82, 2.24) is 9.55 Å².